The van der Waals surface area contributed by atoms with Crippen molar-refractivity contribution in [2.24, 2.45) is 0 Å². The van der Waals surface area contributed by atoms with E-state index in [4.69, 9.17) is 16.3 Å². The number of anilines is 1. The Labute approximate surface area is 167 Å². The molecule has 0 spiro atoms. The number of carbonyl (C=O) groups excluding carboxylic acids is 2. The van der Waals surface area contributed by atoms with Crippen LogP contribution in [0.4, 0.5) is 10.5 Å². The summed E-state index contributed by atoms with van der Waals surface area (Å²) in [5.74, 6) is -0.242. The number of carbonyl (C=O) groups is 2. The van der Waals surface area contributed by atoms with Crippen LogP contribution in [-0.4, -0.2) is 17.0 Å². The molecule has 142 valence electrons. The zero-order chi connectivity index (χ0) is 19.8. The number of aromatic nitrogens is 1. The molecule has 2 aromatic carbocycles. The quantitative estimate of drug-likeness (QED) is 0.647. The molecule has 0 saturated carbocycles. The summed E-state index contributed by atoms with van der Waals surface area (Å²) in [6, 6.07) is 19.3. The third kappa shape index (κ3) is 5.82. The van der Waals surface area contributed by atoms with Gasteiger partial charge in [0.1, 0.15) is 12.3 Å². The number of pyridine rings is 1. The average Bonchev–Trinajstić information content (AvgIpc) is 2.73. The fourth-order valence-corrected chi connectivity index (χ4v) is 2.49. The van der Waals surface area contributed by atoms with Crippen LogP contribution >= 0.6 is 11.6 Å². The summed E-state index contributed by atoms with van der Waals surface area (Å²) < 4.78 is 5.17. The van der Waals surface area contributed by atoms with E-state index in [9.17, 15) is 9.59 Å². The van der Waals surface area contributed by atoms with Crippen molar-refractivity contribution in [3.8, 4) is 0 Å². The topological polar surface area (TPSA) is 80.3 Å². The number of nitrogens with zero attached hydrogens (tertiary/aromatic N) is 1. The first-order valence-corrected chi connectivity index (χ1v) is 8.94. The number of rotatable bonds is 6. The zero-order valence-electron chi connectivity index (χ0n) is 14.9. The molecule has 1 aromatic heterocycles. The van der Waals surface area contributed by atoms with Crippen molar-refractivity contribution in [3.63, 3.8) is 0 Å². The van der Waals surface area contributed by atoms with Gasteiger partial charge in [-0.3, -0.25) is 15.1 Å². The van der Waals surface area contributed by atoms with Crippen LogP contribution < -0.4 is 10.6 Å². The van der Waals surface area contributed by atoms with E-state index < -0.39 is 6.09 Å². The predicted octanol–water partition coefficient (Wildman–Crippen LogP) is 4.41. The lowest BCUT2D eigenvalue weighted by Crippen LogP contribution is -2.23. The summed E-state index contributed by atoms with van der Waals surface area (Å²) >= 11 is 5.82. The largest absolute Gasteiger partial charge is 0.444 e. The summed E-state index contributed by atoms with van der Waals surface area (Å²) in [4.78, 5) is 27.9. The molecule has 0 aliphatic carbocycles. The fourth-order valence-electron chi connectivity index (χ4n) is 2.36. The molecular weight excluding hydrogens is 378 g/mol. The van der Waals surface area contributed by atoms with E-state index in [2.05, 4.69) is 15.6 Å². The van der Waals surface area contributed by atoms with E-state index in [1.165, 1.54) is 0 Å². The third-order valence-electron chi connectivity index (χ3n) is 3.83. The number of ether oxygens (including phenoxy) is 1. The molecule has 28 heavy (non-hydrogen) atoms. The Kier molecular flexibility index (Phi) is 6.59. The first-order valence-electron chi connectivity index (χ1n) is 8.56. The van der Waals surface area contributed by atoms with Crippen molar-refractivity contribution >= 4 is 29.3 Å². The van der Waals surface area contributed by atoms with Gasteiger partial charge in [-0.25, -0.2) is 4.79 Å². The monoisotopic (exact) mass is 395 g/mol. The van der Waals surface area contributed by atoms with E-state index in [1.54, 1.807) is 60.8 Å². The van der Waals surface area contributed by atoms with Gasteiger partial charge in [0.25, 0.3) is 5.91 Å². The van der Waals surface area contributed by atoms with Crippen molar-refractivity contribution in [1.82, 2.24) is 10.3 Å². The Morgan fingerprint density at radius 3 is 2.32 bits per heavy atom. The number of nitrogens with one attached hydrogen (secondary N) is 2. The first-order chi connectivity index (χ1) is 13.6. The highest BCUT2D eigenvalue weighted by Crippen LogP contribution is 2.12. The van der Waals surface area contributed by atoms with E-state index in [0.717, 1.165) is 11.1 Å². The Balaban J connectivity index is 1.45. The maximum Gasteiger partial charge on any atom is 0.411 e. The molecule has 3 rings (SSSR count). The fraction of sp³-hybridized carbons (Fsp3) is 0.0952. The van der Waals surface area contributed by atoms with Crippen molar-refractivity contribution < 1.29 is 14.3 Å². The summed E-state index contributed by atoms with van der Waals surface area (Å²) in [6.07, 6.45) is 1.02. The zero-order valence-corrected chi connectivity index (χ0v) is 15.6. The van der Waals surface area contributed by atoms with Crippen molar-refractivity contribution in [2.75, 3.05) is 5.32 Å². The van der Waals surface area contributed by atoms with Gasteiger partial charge >= 0.3 is 6.09 Å². The van der Waals surface area contributed by atoms with Gasteiger partial charge in [0.05, 0.1) is 0 Å². The standard InChI is InChI=1S/C21H18ClN3O3/c22-17-8-4-16(5-9-17)14-28-21(27)25-18-10-6-15(7-11-18)13-24-20(26)19-3-1-2-12-23-19/h1-12H,13-14H2,(H,24,26)(H,25,27). The first kappa shape index (κ1) is 19.4. The molecule has 6 nitrogen and oxygen atoms in total. The molecule has 0 unspecified atom stereocenters. The van der Waals surface area contributed by atoms with Gasteiger partial charge in [0.15, 0.2) is 0 Å². The Hall–Kier alpha value is -3.38. The molecule has 2 N–H and O–H groups in total. The molecule has 0 bridgehead atoms. The normalized spacial score (nSPS) is 10.2. The second-order valence-corrected chi connectivity index (χ2v) is 6.36. The van der Waals surface area contributed by atoms with E-state index in [0.29, 0.717) is 22.9 Å². The highest BCUT2D eigenvalue weighted by Gasteiger charge is 2.07. The summed E-state index contributed by atoms with van der Waals surface area (Å²) in [7, 11) is 0. The van der Waals surface area contributed by atoms with Crippen LogP contribution in [-0.2, 0) is 17.9 Å². The predicted molar refractivity (Wildman–Crippen MR) is 107 cm³/mol. The molecule has 3 aromatic rings. The summed E-state index contributed by atoms with van der Waals surface area (Å²) in [5, 5.41) is 6.08. The lowest BCUT2D eigenvalue weighted by atomic mass is 10.2. The van der Waals surface area contributed by atoms with Crippen LogP contribution in [0.3, 0.4) is 0 Å². The molecule has 0 fully saturated rings. The van der Waals surface area contributed by atoms with Gasteiger partial charge in [0, 0.05) is 23.5 Å². The number of hydrogen-bond donors (Lipinski definition) is 2. The van der Waals surface area contributed by atoms with E-state index >= 15 is 0 Å². The van der Waals surface area contributed by atoms with Crippen molar-refractivity contribution in [2.45, 2.75) is 13.2 Å². The minimum absolute atomic E-state index is 0.153. The average molecular weight is 396 g/mol. The van der Waals surface area contributed by atoms with Gasteiger partial charge in [-0.15, -0.1) is 0 Å². The second kappa shape index (κ2) is 9.53. The van der Waals surface area contributed by atoms with Gasteiger partial charge in [-0.2, -0.15) is 0 Å². The van der Waals surface area contributed by atoms with Crippen LogP contribution in [0, 0.1) is 0 Å². The summed E-state index contributed by atoms with van der Waals surface area (Å²) in [5.41, 5.74) is 2.70. The maximum absolute atomic E-state index is 12.0. The number of hydrogen-bond acceptors (Lipinski definition) is 4. The minimum atomic E-state index is -0.550. The molecule has 1 heterocycles. The molecule has 0 saturated heterocycles. The van der Waals surface area contributed by atoms with Gasteiger partial charge in [0.2, 0.25) is 0 Å². The number of benzene rings is 2. The SMILES string of the molecule is O=C(Nc1ccc(CNC(=O)c2ccccn2)cc1)OCc1ccc(Cl)cc1. The second-order valence-electron chi connectivity index (χ2n) is 5.92. The number of halogens is 1. The lowest BCUT2D eigenvalue weighted by Gasteiger charge is -2.09. The molecule has 0 atom stereocenters. The van der Waals surface area contributed by atoms with Crippen LogP contribution in [0.2, 0.25) is 5.02 Å². The van der Waals surface area contributed by atoms with Gasteiger partial charge < -0.3 is 10.1 Å². The van der Waals surface area contributed by atoms with Crippen LogP contribution in [0.15, 0.2) is 72.9 Å². The highest BCUT2D eigenvalue weighted by atomic mass is 35.5. The van der Waals surface area contributed by atoms with Crippen LogP contribution in [0.25, 0.3) is 0 Å². The number of amides is 2. The van der Waals surface area contributed by atoms with E-state index in [-0.39, 0.29) is 12.5 Å². The van der Waals surface area contributed by atoms with Crippen LogP contribution in [0.5, 0.6) is 0 Å². The maximum atomic E-state index is 12.0. The minimum Gasteiger partial charge on any atom is -0.444 e. The van der Waals surface area contributed by atoms with Gasteiger partial charge in [-0.05, 0) is 47.5 Å². The Morgan fingerprint density at radius 1 is 0.929 bits per heavy atom. The summed E-state index contributed by atoms with van der Waals surface area (Å²) in [6.45, 7) is 0.511. The van der Waals surface area contributed by atoms with Gasteiger partial charge in [-0.1, -0.05) is 41.9 Å². The Bertz CT molecular complexity index is 929. The molecular formula is C21H18ClN3O3. The van der Waals surface area contributed by atoms with E-state index in [1.807, 2.05) is 12.1 Å². The molecule has 0 aliphatic rings. The lowest BCUT2D eigenvalue weighted by molar-refractivity contribution is 0.0946. The molecule has 2 amide bonds. The third-order valence-corrected chi connectivity index (χ3v) is 4.09. The Morgan fingerprint density at radius 2 is 1.64 bits per heavy atom. The highest BCUT2D eigenvalue weighted by molar-refractivity contribution is 6.30. The molecule has 0 aliphatic heterocycles. The smallest absolute Gasteiger partial charge is 0.411 e. The molecule has 7 heteroatoms. The van der Waals surface area contributed by atoms with Crippen LogP contribution in [0.1, 0.15) is 21.6 Å². The molecule has 0 radical (unpaired) electrons. The van der Waals surface area contributed by atoms with Crippen molar-refractivity contribution in [3.05, 3.63) is 94.8 Å². The van der Waals surface area contributed by atoms with Crippen molar-refractivity contribution in [1.29, 1.82) is 0 Å².